The minimum absolute atomic E-state index is 0.0255. The summed E-state index contributed by atoms with van der Waals surface area (Å²) in [5, 5.41) is 13.8. The second kappa shape index (κ2) is 9.25. The van der Waals surface area contributed by atoms with E-state index in [1.54, 1.807) is 13.8 Å². The first-order chi connectivity index (χ1) is 12.1. The largest absolute Gasteiger partial charge is 0.375 e. The molecule has 2 N–H and O–H groups in total. The summed E-state index contributed by atoms with van der Waals surface area (Å²) in [5.41, 5.74) is -1.43. The molecule has 0 radical (unpaired) electrons. The van der Waals surface area contributed by atoms with Crippen LogP contribution in [0.3, 0.4) is 0 Å². The fraction of sp³-hybridized carbons (Fsp3) is 0.333. The molecule has 0 saturated carbocycles. The van der Waals surface area contributed by atoms with Crippen LogP contribution < -0.4 is 5.32 Å². The number of aliphatic hydroxyl groups is 1. The van der Waals surface area contributed by atoms with Gasteiger partial charge in [0.2, 0.25) is 0 Å². The number of allylic oxidation sites excluding steroid dienone is 2. The molecule has 1 saturated heterocycles. The molecule has 1 aromatic carbocycles. The Bertz CT molecular complexity index is 798. The van der Waals surface area contributed by atoms with Gasteiger partial charge in [-0.15, -0.1) is 0 Å². The summed E-state index contributed by atoms with van der Waals surface area (Å²) < 4.78 is 0. The van der Waals surface area contributed by atoms with Gasteiger partial charge < -0.3 is 10.4 Å². The first-order valence-corrected chi connectivity index (χ1v) is 9.38. The van der Waals surface area contributed by atoms with Gasteiger partial charge in [-0.1, -0.05) is 66.3 Å². The highest BCUT2D eigenvalue weighted by Crippen LogP contribution is 2.38. The summed E-state index contributed by atoms with van der Waals surface area (Å²) >= 11 is 23.8. The summed E-state index contributed by atoms with van der Waals surface area (Å²) in [7, 11) is 0. The number of hydrogen-bond donors (Lipinski definition) is 2. The quantitative estimate of drug-likeness (QED) is 0.482. The summed E-state index contributed by atoms with van der Waals surface area (Å²) in [6.45, 7) is 7.21. The predicted molar refractivity (Wildman–Crippen MR) is 107 cm³/mol. The number of benzene rings is 1. The molecule has 1 fully saturated rings. The molecule has 1 aliphatic heterocycles. The van der Waals surface area contributed by atoms with E-state index in [9.17, 15) is 14.7 Å². The second-order valence-electron chi connectivity index (χ2n) is 5.25. The van der Waals surface area contributed by atoms with Crippen molar-refractivity contribution >= 4 is 58.1 Å². The van der Waals surface area contributed by atoms with E-state index in [0.717, 1.165) is 0 Å². The van der Waals surface area contributed by atoms with Crippen LogP contribution in [0.4, 0.5) is 0 Å². The highest BCUT2D eigenvalue weighted by molar-refractivity contribution is 6.49. The molecule has 0 aliphatic carbocycles. The molecule has 0 spiro atoms. The predicted octanol–water partition coefficient (Wildman–Crippen LogP) is 5.52. The molecular formula is C18H19Cl4NO3. The molecule has 1 heterocycles. The lowest BCUT2D eigenvalue weighted by Gasteiger charge is -2.21. The minimum atomic E-state index is -2.03. The van der Waals surface area contributed by atoms with Crippen molar-refractivity contribution in [3.8, 4) is 0 Å². The molecule has 1 atom stereocenters. The lowest BCUT2D eigenvalue weighted by Crippen LogP contribution is -2.41. The first kappa shape index (κ1) is 23.0. The fourth-order valence-electron chi connectivity index (χ4n) is 2.51. The van der Waals surface area contributed by atoms with Crippen LogP contribution in [0.2, 0.25) is 15.1 Å². The molecule has 142 valence electrons. The summed E-state index contributed by atoms with van der Waals surface area (Å²) in [4.78, 5) is 24.8. The highest BCUT2D eigenvalue weighted by Gasteiger charge is 2.49. The zero-order chi connectivity index (χ0) is 20.2. The zero-order valence-electron chi connectivity index (χ0n) is 14.7. The van der Waals surface area contributed by atoms with Crippen molar-refractivity contribution in [2.75, 3.05) is 0 Å². The molecule has 2 rings (SSSR count). The van der Waals surface area contributed by atoms with Crippen molar-refractivity contribution in [2.24, 2.45) is 0 Å². The molecule has 1 unspecified atom stereocenters. The van der Waals surface area contributed by atoms with Crippen LogP contribution in [-0.4, -0.2) is 22.4 Å². The Morgan fingerprint density at radius 2 is 1.81 bits per heavy atom. The van der Waals surface area contributed by atoms with Crippen LogP contribution >= 0.6 is 46.4 Å². The summed E-state index contributed by atoms with van der Waals surface area (Å²) in [6, 6.07) is 2.82. The van der Waals surface area contributed by atoms with E-state index < -0.39 is 23.7 Å². The van der Waals surface area contributed by atoms with Crippen molar-refractivity contribution in [1.29, 1.82) is 0 Å². The molecule has 1 aliphatic rings. The highest BCUT2D eigenvalue weighted by atomic mass is 35.5. The molecular weight excluding hydrogens is 420 g/mol. The Hall–Kier alpha value is -1.04. The molecule has 8 heteroatoms. The normalized spacial score (nSPS) is 22.7. The van der Waals surface area contributed by atoms with Crippen LogP contribution in [0.1, 0.15) is 44.5 Å². The van der Waals surface area contributed by atoms with Crippen LogP contribution in [0, 0.1) is 0 Å². The number of carbonyl (C=O) groups excluding carboxylic acids is 2. The number of hydrogen-bond acceptors (Lipinski definition) is 3. The van der Waals surface area contributed by atoms with Gasteiger partial charge in [0.05, 0.1) is 27.2 Å². The van der Waals surface area contributed by atoms with Gasteiger partial charge >= 0.3 is 0 Å². The summed E-state index contributed by atoms with van der Waals surface area (Å²) in [5.74, 6) is -1.28. The Labute approximate surface area is 172 Å². The Balaban J connectivity index is 0.00000163. The monoisotopic (exact) mass is 437 g/mol. The Morgan fingerprint density at radius 3 is 2.31 bits per heavy atom. The van der Waals surface area contributed by atoms with Crippen molar-refractivity contribution in [1.82, 2.24) is 5.32 Å². The molecule has 1 aromatic rings. The van der Waals surface area contributed by atoms with E-state index in [2.05, 4.69) is 5.32 Å². The van der Waals surface area contributed by atoms with Crippen molar-refractivity contribution in [3.05, 3.63) is 55.1 Å². The SMILES string of the molecule is C/C=C1\C(=C(/C)Cl)NC(=O)C1(O)CC(=O)c1ccc(Cl)c(Cl)c1Cl.CC. The maximum atomic E-state index is 12.6. The van der Waals surface area contributed by atoms with Gasteiger partial charge in [-0.2, -0.15) is 0 Å². The van der Waals surface area contributed by atoms with E-state index in [0.29, 0.717) is 10.7 Å². The van der Waals surface area contributed by atoms with Gasteiger partial charge in [0.1, 0.15) is 0 Å². The standard InChI is InChI=1S/C16H13Cl4NO3.C2H6/c1-3-9-14(7(2)17)21-15(23)16(9,24)6-11(22)8-4-5-10(18)13(20)12(8)19;1-2/h3-5,24H,6H2,1-2H3,(H,21,23);1-2H3/b9-3+,14-7-;. The van der Waals surface area contributed by atoms with Gasteiger partial charge in [0, 0.05) is 16.2 Å². The topological polar surface area (TPSA) is 66.4 Å². The van der Waals surface area contributed by atoms with Crippen molar-refractivity contribution in [2.45, 2.75) is 39.7 Å². The van der Waals surface area contributed by atoms with Crippen LogP contribution in [0.15, 0.2) is 34.5 Å². The van der Waals surface area contributed by atoms with Crippen LogP contribution in [-0.2, 0) is 4.79 Å². The second-order valence-corrected chi connectivity index (χ2v) is 6.98. The Morgan fingerprint density at radius 1 is 1.23 bits per heavy atom. The van der Waals surface area contributed by atoms with Crippen LogP contribution in [0.25, 0.3) is 0 Å². The van der Waals surface area contributed by atoms with E-state index >= 15 is 0 Å². The third-order valence-corrected chi connectivity index (χ3v) is 5.20. The molecule has 0 bridgehead atoms. The third-order valence-electron chi connectivity index (χ3n) is 3.71. The van der Waals surface area contributed by atoms with E-state index in [1.807, 2.05) is 13.8 Å². The molecule has 0 aromatic heterocycles. The van der Waals surface area contributed by atoms with Gasteiger partial charge in [0.15, 0.2) is 11.4 Å². The molecule has 1 amide bonds. The number of amides is 1. The maximum absolute atomic E-state index is 12.6. The van der Waals surface area contributed by atoms with Gasteiger partial charge in [-0.3, -0.25) is 9.59 Å². The fourth-order valence-corrected chi connectivity index (χ4v) is 3.30. The van der Waals surface area contributed by atoms with Crippen molar-refractivity contribution < 1.29 is 14.7 Å². The number of Topliss-reactive ketones (excluding diaryl/α,β-unsaturated/α-hetero) is 1. The first-order valence-electron chi connectivity index (χ1n) is 7.87. The molecule has 26 heavy (non-hydrogen) atoms. The van der Waals surface area contributed by atoms with E-state index in [-0.39, 0.29) is 26.2 Å². The van der Waals surface area contributed by atoms with E-state index in [1.165, 1.54) is 18.2 Å². The van der Waals surface area contributed by atoms with Crippen LogP contribution in [0.5, 0.6) is 0 Å². The lowest BCUT2D eigenvalue weighted by molar-refractivity contribution is -0.132. The average Bonchev–Trinajstić information content (AvgIpc) is 2.85. The summed E-state index contributed by atoms with van der Waals surface area (Å²) in [6.07, 6.45) is 1.02. The third kappa shape index (κ3) is 4.26. The number of halogens is 4. The van der Waals surface area contributed by atoms with Gasteiger partial charge in [-0.25, -0.2) is 0 Å². The number of rotatable bonds is 3. The maximum Gasteiger partial charge on any atom is 0.261 e. The number of nitrogens with one attached hydrogen (secondary N) is 1. The lowest BCUT2D eigenvalue weighted by atomic mass is 9.87. The zero-order valence-corrected chi connectivity index (χ0v) is 17.7. The van der Waals surface area contributed by atoms with Gasteiger partial charge in [-0.05, 0) is 26.0 Å². The Kier molecular flexibility index (Phi) is 8.18. The average molecular weight is 439 g/mol. The van der Waals surface area contributed by atoms with E-state index in [4.69, 9.17) is 46.4 Å². The number of ketones is 1. The number of carbonyl (C=O) groups is 2. The minimum Gasteiger partial charge on any atom is -0.375 e. The smallest absolute Gasteiger partial charge is 0.261 e. The van der Waals surface area contributed by atoms with Gasteiger partial charge in [0.25, 0.3) is 5.91 Å². The van der Waals surface area contributed by atoms with Crippen molar-refractivity contribution in [3.63, 3.8) is 0 Å². The molecule has 4 nitrogen and oxygen atoms in total.